The highest BCUT2D eigenvalue weighted by Crippen LogP contribution is 2.28. The van der Waals surface area contributed by atoms with Gasteiger partial charge in [-0.15, -0.1) is 0 Å². The van der Waals surface area contributed by atoms with Crippen molar-refractivity contribution in [2.75, 3.05) is 19.4 Å². The van der Waals surface area contributed by atoms with E-state index in [0.717, 1.165) is 27.8 Å². The molecule has 3 aromatic carbocycles. The summed E-state index contributed by atoms with van der Waals surface area (Å²) in [7, 11) is 1.63. The summed E-state index contributed by atoms with van der Waals surface area (Å²) in [6, 6.07) is 23.2. The fraction of sp³-hybridized carbons (Fsp3) is 0.103. The van der Waals surface area contributed by atoms with Gasteiger partial charge in [0.2, 0.25) is 0 Å². The van der Waals surface area contributed by atoms with E-state index in [1.54, 1.807) is 13.3 Å². The summed E-state index contributed by atoms with van der Waals surface area (Å²) in [5.74, 6) is 0.636. The van der Waals surface area contributed by atoms with E-state index in [-0.39, 0.29) is 17.3 Å². The molecular weight excluding hydrogens is 478 g/mol. The van der Waals surface area contributed by atoms with Crippen LogP contribution in [0, 0.1) is 0 Å². The molecule has 3 heterocycles. The van der Waals surface area contributed by atoms with E-state index >= 15 is 0 Å². The van der Waals surface area contributed by atoms with Gasteiger partial charge in [-0.3, -0.25) is 4.79 Å². The number of anilines is 1. The van der Waals surface area contributed by atoms with Crippen LogP contribution in [0.15, 0.2) is 84.1 Å². The number of hydrogen-bond acceptors (Lipinski definition) is 6. The topological polar surface area (TPSA) is 123 Å². The fourth-order valence-corrected chi connectivity index (χ4v) is 4.51. The molecule has 6 rings (SSSR count). The van der Waals surface area contributed by atoms with Gasteiger partial charge in [-0.05, 0) is 42.3 Å². The average molecular weight is 504 g/mol. The monoisotopic (exact) mass is 503 g/mol. The van der Waals surface area contributed by atoms with Crippen LogP contribution in [0.25, 0.3) is 33.1 Å². The molecule has 9 nitrogen and oxygen atoms in total. The molecule has 1 amide bonds. The zero-order valence-electron chi connectivity index (χ0n) is 20.7. The third kappa shape index (κ3) is 4.20. The lowest BCUT2D eigenvalue weighted by Crippen LogP contribution is -2.26. The summed E-state index contributed by atoms with van der Waals surface area (Å²) in [5.41, 5.74) is 11.9. The Labute approximate surface area is 218 Å². The second-order valence-electron chi connectivity index (χ2n) is 8.84. The van der Waals surface area contributed by atoms with Crippen molar-refractivity contribution in [2.45, 2.75) is 6.42 Å². The average Bonchev–Trinajstić information content (AvgIpc) is 3.48. The summed E-state index contributed by atoms with van der Waals surface area (Å²) in [5, 5.41) is 8.64. The lowest BCUT2D eigenvalue weighted by molar-refractivity contribution is 0.0956. The molecule has 4 N–H and O–H groups in total. The molecule has 0 fully saturated rings. The standard InChI is InChI=1S/C29H25N7O2/c1-38-20-12-10-18(11-13-20)14-15-31-29(37)25-26-28(35-24-9-5-4-8-23(24)34-26)36(27(25)30)33-17-19-16-32-22-7-3-2-6-21(19)22/h2-13,16-17,32H,14-15,30H2,1H3,(H,31,37)/b33-17-. The fourth-order valence-electron chi connectivity index (χ4n) is 4.51. The van der Waals surface area contributed by atoms with Crippen molar-refractivity contribution in [1.29, 1.82) is 0 Å². The number of aromatic nitrogens is 4. The molecule has 6 aromatic rings. The first-order chi connectivity index (χ1) is 18.6. The number of aromatic amines is 1. The Morgan fingerprint density at radius 2 is 1.79 bits per heavy atom. The molecule has 0 unspecified atom stereocenters. The minimum atomic E-state index is -0.327. The van der Waals surface area contributed by atoms with Gasteiger partial charge in [0.1, 0.15) is 22.6 Å². The third-order valence-electron chi connectivity index (χ3n) is 6.49. The van der Waals surface area contributed by atoms with E-state index in [1.807, 2.05) is 79.0 Å². The quantitative estimate of drug-likeness (QED) is 0.277. The number of nitrogen functional groups attached to an aromatic ring is 1. The number of para-hydroxylation sites is 3. The first kappa shape index (κ1) is 23.2. The number of H-pyrrole nitrogens is 1. The molecule has 9 heteroatoms. The van der Waals surface area contributed by atoms with Crippen molar-refractivity contribution in [1.82, 2.24) is 24.9 Å². The van der Waals surface area contributed by atoms with E-state index in [1.165, 1.54) is 4.68 Å². The highest BCUT2D eigenvalue weighted by Gasteiger charge is 2.24. The number of hydrogen-bond donors (Lipinski definition) is 3. The molecule has 0 aliphatic heterocycles. The zero-order valence-corrected chi connectivity index (χ0v) is 20.7. The first-order valence-electron chi connectivity index (χ1n) is 12.2. The molecule has 0 aliphatic carbocycles. The van der Waals surface area contributed by atoms with Gasteiger partial charge in [0.05, 0.1) is 24.4 Å². The number of carbonyl (C=O) groups excluding carboxylic acids is 1. The van der Waals surface area contributed by atoms with Crippen molar-refractivity contribution in [3.63, 3.8) is 0 Å². The van der Waals surface area contributed by atoms with E-state index in [9.17, 15) is 4.79 Å². The molecule has 0 bridgehead atoms. The summed E-state index contributed by atoms with van der Waals surface area (Å²) >= 11 is 0. The second-order valence-corrected chi connectivity index (χ2v) is 8.84. The van der Waals surface area contributed by atoms with Crippen LogP contribution in [-0.4, -0.2) is 45.4 Å². The number of nitrogens with zero attached hydrogens (tertiary/aromatic N) is 4. The molecule has 0 aliphatic rings. The SMILES string of the molecule is COc1ccc(CCNC(=O)c2c(N)n(/N=C\c3c[nH]c4ccccc34)c3nc4ccccc4nc23)cc1. The molecule has 0 saturated heterocycles. The smallest absolute Gasteiger partial charge is 0.257 e. The van der Waals surface area contributed by atoms with Crippen molar-refractivity contribution in [3.8, 4) is 5.75 Å². The normalized spacial score (nSPS) is 11.6. The van der Waals surface area contributed by atoms with Crippen molar-refractivity contribution in [2.24, 2.45) is 5.10 Å². The molecule has 188 valence electrons. The lowest BCUT2D eigenvalue weighted by atomic mass is 10.1. The van der Waals surface area contributed by atoms with Gasteiger partial charge < -0.3 is 20.8 Å². The summed E-state index contributed by atoms with van der Waals surface area (Å²) in [4.78, 5) is 26.1. The van der Waals surface area contributed by atoms with Gasteiger partial charge >= 0.3 is 0 Å². The molecule has 0 radical (unpaired) electrons. The van der Waals surface area contributed by atoms with Crippen LogP contribution in [0.5, 0.6) is 5.75 Å². The molecule has 38 heavy (non-hydrogen) atoms. The van der Waals surface area contributed by atoms with Gasteiger partial charge in [-0.25, -0.2) is 9.97 Å². The molecule has 0 spiro atoms. The Balaban J connectivity index is 1.36. The summed E-state index contributed by atoms with van der Waals surface area (Å²) < 4.78 is 6.69. The van der Waals surface area contributed by atoms with Crippen LogP contribution >= 0.6 is 0 Å². The van der Waals surface area contributed by atoms with Gasteiger partial charge in [-0.2, -0.15) is 9.78 Å². The Kier molecular flexibility index (Phi) is 5.93. The van der Waals surface area contributed by atoms with Crippen LogP contribution in [0.4, 0.5) is 5.82 Å². The van der Waals surface area contributed by atoms with Crippen LogP contribution in [0.2, 0.25) is 0 Å². The van der Waals surface area contributed by atoms with Crippen LogP contribution in [0.3, 0.4) is 0 Å². The number of methoxy groups -OCH3 is 1. The minimum absolute atomic E-state index is 0.174. The maximum atomic E-state index is 13.4. The van der Waals surface area contributed by atoms with Crippen LogP contribution in [0.1, 0.15) is 21.5 Å². The van der Waals surface area contributed by atoms with Crippen molar-refractivity contribution in [3.05, 3.63) is 95.7 Å². The van der Waals surface area contributed by atoms with Gasteiger partial charge in [0.25, 0.3) is 5.91 Å². The van der Waals surface area contributed by atoms with Crippen LogP contribution in [-0.2, 0) is 6.42 Å². The Morgan fingerprint density at radius 1 is 1.05 bits per heavy atom. The Morgan fingerprint density at radius 3 is 2.58 bits per heavy atom. The van der Waals surface area contributed by atoms with E-state index in [0.29, 0.717) is 35.2 Å². The molecular formula is C29H25N7O2. The van der Waals surface area contributed by atoms with Gasteiger partial charge in [0.15, 0.2) is 5.65 Å². The summed E-state index contributed by atoms with van der Waals surface area (Å²) in [6.07, 6.45) is 4.24. The van der Waals surface area contributed by atoms with Gasteiger partial charge in [-0.1, -0.05) is 42.5 Å². The number of amides is 1. The third-order valence-corrected chi connectivity index (χ3v) is 6.49. The number of benzene rings is 3. The first-order valence-corrected chi connectivity index (χ1v) is 12.2. The van der Waals surface area contributed by atoms with E-state index in [4.69, 9.17) is 20.4 Å². The molecule has 0 atom stereocenters. The van der Waals surface area contributed by atoms with E-state index < -0.39 is 0 Å². The Bertz CT molecular complexity index is 1820. The Hall–Kier alpha value is -5.18. The molecule has 3 aromatic heterocycles. The number of fused-ring (bicyclic) bond motifs is 3. The highest BCUT2D eigenvalue weighted by atomic mass is 16.5. The van der Waals surface area contributed by atoms with Crippen molar-refractivity contribution < 1.29 is 9.53 Å². The lowest BCUT2D eigenvalue weighted by Gasteiger charge is -2.06. The van der Waals surface area contributed by atoms with Crippen LogP contribution < -0.4 is 15.8 Å². The predicted molar refractivity (Wildman–Crippen MR) is 150 cm³/mol. The van der Waals surface area contributed by atoms with E-state index in [2.05, 4.69) is 15.4 Å². The maximum absolute atomic E-state index is 13.4. The van der Waals surface area contributed by atoms with Crippen molar-refractivity contribution >= 4 is 51.0 Å². The number of nitrogens with two attached hydrogens (primary N) is 1. The summed E-state index contributed by atoms with van der Waals surface area (Å²) in [6.45, 7) is 0.427. The number of ether oxygens (including phenoxy) is 1. The number of rotatable bonds is 7. The number of carbonyl (C=O) groups is 1. The molecule has 0 saturated carbocycles. The highest BCUT2D eigenvalue weighted by molar-refractivity contribution is 6.11. The number of nitrogens with one attached hydrogen (secondary N) is 2. The van der Waals surface area contributed by atoms with Gasteiger partial charge in [0, 0.05) is 29.2 Å². The largest absolute Gasteiger partial charge is 0.497 e. The minimum Gasteiger partial charge on any atom is -0.497 e. The maximum Gasteiger partial charge on any atom is 0.257 e. The zero-order chi connectivity index (χ0) is 26.1. The predicted octanol–water partition coefficient (Wildman–Crippen LogP) is 4.51. The second kappa shape index (κ2) is 9.70.